The van der Waals surface area contributed by atoms with Gasteiger partial charge in [0.2, 0.25) is 11.7 Å². The number of alkyl halides is 3. The number of rotatable bonds is 7. The van der Waals surface area contributed by atoms with Crippen LogP contribution in [0, 0.1) is 11.6 Å². The molecule has 2 aromatic carbocycles. The lowest BCUT2D eigenvalue weighted by Crippen LogP contribution is -2.37. The average Bonchev–Trinajstić information content (AvgIpc) is 3.15. The van der Waals surface area contributed by atoms with Crippen LogP contribution in [0.4, 0.5) is 27.6 Å². The number of nitrogens with one attached hydrogen (secondary N) is 1. The first kappa shape index (κ1) is 26.9. The molecule has 0 aliphatic carbocycles. The summed E-state index contributed by atoms with van der Waals surface area (Å²) in [5.74, 6) is -5.17. The van der Waals surface area contributed by atoms with E-state index in [1.807, 2.05) is 0 Å². The predicted molar refractivity (Wildman–Crippen MR) is 119 cm³/mol. The zero-order valence-electron chi connectivity index (χ0n) is 18.7. The molecule has 1 aliphatic heterocycles. The number of benzene rings is 2. The maximum absolute atomic E-state index is 14.4. The van der Waals surface area contributed by atoms with Gasteiger partial charge >= 0.3 is 13.5 Å². The highest BCUT2D eigenvalue weighted by Crippen LogP contribution is 2.59. The van der Waals surface area contributed by atoms with Crippen LogP contribution in [-0.2, 0) is 4.79 Å². The van der Waals surface area contributed by atoms with E-state index >= 15 is 0 Å². The molecule has 190 valence electrons. The molecule has 1 heterocycles. The number of ether oxygens (including phenoxy) is 2. The van der Waals surface area contributed by atoms with Crippen molar-refractivity contribution in [3.8, 4) is 17.2 Å². The minimum absolute atomic E-state index is 0.0147. The molecule has 35 heavy (non-hydrogen) atoms. The van der Waals surface area contributed by atoms with Crippen LogP contribution in [-0.4, -0.2) is 53.7 Å². The zero-order chi connectivity index (χ0) is 26.1. The first-order valence-electron chi connectivity index (χ1n) is 10.1. The zero-order valence-corrected chi connectivity index (χ0v) is 19.5. The second kappa shape index (κ2) is 10.1. The Kier molecular flexibility index (Phi) is 7.77. The van der Waals surface area contributed by atoms with Crippen molar-refractivity contribution < 1.29 is 50.9 Å². The third-order valence-corrected chi connectivity index (χ3v) is 7.29. The molecular weight excluding hydrogens is 500 g/mol. The molecular formula is C21H21BF5NO6S. The van der Waals surface area contributed by atoms with Crippen LogP contribution in [0.3, 0.4) is 0 Å². The molecule has 14 heteroatoms. The van der Waals surface area contributed by atoms with Crippen molar-refractivity contribution in [3.63, 3.8) is 0 Å². The van der Waals surface area contributed by atoms with E-state index in [0.717, 1.165) is 26.2 Å². The number of hydrogen-bond donors (Lipinski definition) is 3. The van der Waals surface area contributed by atoms with Gasteiger partial charge in [0, 0.05) is 17.5 Å². The number of methoxy groups -OCH3 is 2. The third-order valence-electron chi connectivity index (χ3n) is 5.58. The van der Waals surface area contributed by atoms with E-state index in [1.54, 1.807) is 0 Å². The van der Waals surface area contributed by atoms with Gasteiger partial charge < -0.3 is 29.5 Å². The molecule has 3 atom stereocenters. The minimum Gasteiger partial charge on any atom is -0.512 e. The summed E-state index contributed by atoms with van der Waals surface area (Å²) in [6.45, 7) is 0.942. The number of hydrogen-bond acceptors (Lipinski definition) is 7. The predicted octanol–water partition coefficient (Wildman–Crippen LogP) is 3.88. The molecule has 0 spiro atoms. The Balaban J connectivity index is 1.99. The van der Waals surface area contributed by atoms with Crippen LogP contribution in [0.25, 0.3) is 0 Å². The molecule has 1 aliphatic rings. The van der Waals surface area contributed by atoms with Crippen molar-refractivity contribution in [2.45, 2.75) is 35.4 Å². The maximum Gasteiger partial charge on any atom is 0.707 e. The fourth-order valence-corrected chi connectivity index (χ4v) is 5.39. The second-order valence-corrected chi connectivity index (χ2v) is 9.50. The lowest BCUT2D eigenvalue weighted by atomic mass is 9.85. The number of carbonyl (C=O) groups excluding carboxylic acids is 1. The highest BCUT2D eigenvalue weighted by Gasteiger charge is 2.61. The van der Waals surface area contributed by atoms with Crippen LogP contribution < -0.4 is 19.4 Å². The van der Waals surface area contributed by atoms with Crippen LogP contribution in [0.15, 0.2) is 30.3 Å². The van der Waals surface area contributed by atoms with Crippen molar-refractivity contribution in [1.29, 1.82) is 0 Å². The Morgan fingerprint density at radius 1 is 1.17 bits per heavy atom. The van der Waals surface area contributed by atoms with E-state index in [-0.39, 0.29) is 22.7 Å². The van der Waals surface area contributed by atoms with Crippen LogP contribution >= 0.6 is 11.8 Å². The molecule has 1 amide bonds. The molecule has 0 radical (unpaired) electrons. The van der Waals surface area contributed by atoms with E-state index in [4.69, 9.17) is 24.2 Å². The number of anilines is 1. The Morgan fingerprint density at radius 2 is 1.86 bits per heavy atom. The van der Waals surface area contributed by atoms with Crippen molar-refractivity contribution in [2.24, 2.45) is 0 Å². The van der Waals surface area contributed by atoms with Crippen LogP contribution in [0.5, 0.6) is 17.2 Å². The van der Waals surface area contributed by atoms with Gasteiger partial charge in [-0.1, -0.05) is 6.07 Å². The van der Waals surface area contributed by atoms with Gasteiger partial charge in [-0.2, -0.15) is 17.6 Å². The quantitative estimate of drug-likeness (QED) is 0.376. The van der Waals surface area contributed by atoms with Crippen molar-refractivity contribution in [1.82, 2.24) is 0 Å². The van der Waals surface area contributed by atoms with Gasteiger partial charge in [-0.05, 0) is 31.5 Å². The SMILES string of the molecule is COc1cc(OB(O)O)ccc1NC(=O)C1SC(C)(C(F)(F)F)CC1c1ccc(F)c(F)c1OC. The lowest BCUT2D eigenvalue weighted by molar-refractivity contribution is -0.155. The Bertz CT molecular complexity index is 1100. The minimum atomic E-state index is -4.70. The molecule has 0 bridgehead atoms. The first-order chi connectivity index (χ1) is 16.3. The first-order valence-corrected chi connectivity index (χ1v) is 11.0. The van der Waals surface area contributed by atoms with Gasteiger partial charge in [-0.15, -0.1) is 11.8 Å². The van der Waals surface area contributed by atoms with E-state index in [9.17, 15) is 26.7 Å². The molecule has 3 N–H and O–H groups in total. The third kappa shape index (κ3) is 5.44. The Labute approximate surface area is 201 Å². The molecule has 1 fully saturated rings. The van der Waals surface area contributed by atoms with Gasteiger partial charge in [0.05, 0.1) is 25.2 Å². The van der Waals surface area contributed by atoms with E-state index in [1.165, 1.54) is 25.3 Å². The molecule has 3 unspecified atom stereocenters. The molecule has 7 nitrogen and oxygen atoms in total. The van der Waals surface area contributed by atoms with Crippen LogP contribution in [0.2, 0.25) is 0 Å². The molecule has 0 saturated carbocycles. The standard InChI is InChI=1S/C21H21BF5NO6S/c1-20(21(25,26)27)9-12(11-5-6-13(23)16(24)17(11)33-3)18(35-20)19(29)28-14-7-4-10(34-22(30)31)8-15(14)32-2/h4-8,12,18,30-31H,9H2,1-3H3,(H,28,29). The second-order valence-electron chi connectivity index (χ2n) is 7.86. The monoisotopic (exact) mass is 521 g/mol. The summed E-state index contributed by atoms with van der Waals surface area (Å²) >= 11 is 0.364. The summed E-state index contributed by atoms with van der Waals surface area (Å²) in [5, 5.41) is 19.0. The molecule has 3 rings (SSSR count). The molecule has 1 saturated heterocycles. The number of halogens is 5. The highest BCUT2D eigenvalue weighted by molar-refractivity contribution is 8.02. The van der Waals surface area contributed by atoms with E-state index < -0.39 is 59.1 Å². The fourth-order valence-electron chi connectivity index (χ4n) is 3.85. The van der Waals surface area contributed by atoms with Gasteiger partial charge in [-0.3, -0.25) is 4.79 Å². The number of carbonyl (C=O) groups is 1. The fraction of sp³-hybridized carbons (Fsp3) is 0.381. The highest BCUT2D eigenvalue weighted by atomic mass is 32.2. The summed E-state index contributed by atoms with van der Waals surface area (Å²) < 4.78 is 82.2. The van der Waals surface area contributed by atoms with E-state index in [0.29, 0.717) is 11.8 Å². The largest absolute Gasteiger partial charge is 0.707 e. The summed E-state index contributed by atoms with van der Waals surface area (Å²) in [7, 11) is 0.200. The summed E-state index contributed by atoms with van der Waals surface area (Å²) in [5.41, 5.74) is -0.00540. The van der Waals surface area contributed by atoms with E-state index in [2.05, 4.69) is 5.32 Å². The average molecular weight is 521 g/mol. The topological polar surface area (TPSA) is 97.3 Å². The summed E-state index contributed by atoms with van der Waals surface area (Å²) in [4.78, 5) is 13.2. The maximum atomic E-state index is 14.4. The van der Waals surface area contributed by atoms with Crippen molar-refractivity contribution in [3.05, 3.63) is 47.5 Å². The summed E-state index contributed by atoms with van der Waals surface area (Å²) in [6.07, 6.45) is -5.28. The summed E-state index contributed by atoms with van der Waals surface area (Å²) in [6, 6.07) is 5.68. The Hall–Kier alpha value is -2.71. The normalized spacial score (nSPS) is 22.0. The number of thioether (sulfide) groups is 1. The molecule has 0 aromatic heterocycles. The van der Waals surface area contributed by atoms with Gasteiger partial charge in [0.25, 0.3) is 0 Å². The smallest absolute Gasteiger partial charge is 0.512 e. The molecule has 2 aromatic rings. The van der Waals surface area contributed by atoms with Gasteiger partial charge in [0.1, 0.15) is 16.2 Å². The van der Waals surface area contributed by atoms with Gasteiger partial charge in [-0.25, -0.2) is 4.39 Å². The van der Waals surface area contributed by atoms with Crippen molar-refractivity contribution >= 4 is 30.7 Å². The Morgan fingerprint density at radius 3 is 2.43 bits per heavy atom. The van der Waals surface area contributed by atoms with Gasteiger partial charge in [0.15, 0.2) is 11.6 Å². The van der Waals surface area contributed by atoms with Crippen LogP contribution in [0.1, 0.15) is 24.8 Å². The van der Waals surface area contributed by atoms with Crippen molar-refractivity contribution in [2.75, 3.05) is 19.5 Å². The lowest BCUT2D eigenvalue weighted by Gasteiger charge is -2.26. The number of amides is 1.